The summed E-state index contributed by atoms with van der Waals surface area (Å²) in [6, 6.07) is 7.40. The third-order valence-electron chi connectivity index (χ3n) is 2.26. The molecule has 0 amide bonds. The number of nitrogens with one attached hydrogen (secondary N) is 1. The third kappa shape index (κ3) is 3.60. The molecule has 0 saturated heterocycles. The minimum absolute atomic E-state index is 0.0286. The molecule has 4 N–H and O–H groups in total. The molecule has 84 valence electrons. The summed E-state index contributed by atoms with van der Waals surface area (Å²) in [5, 5.41) is 30.2. The zero-order chi connectivity index (χ0) is 11.3. The second-order valence-corrected chi connectivity index (χ2v) is 3.71. The monoisotopic (exact) mass is 211 g/mol. The van der Waals surface area contributed by atoms with Gasteiger partial charge in [0, 0.05) is 6.54 Å². The van der Waals surface area contributed by atoms with E-state index in [4.69, 9.17) is 10.2 Å². The Labute approximate surface area is 89.2 Å². The van der Waals surface area contributed by atoms with Crippen molar-refractivity contribution in [3.63, 3.8) is 0 Å². The van der Waals surface area contributed by atoms with Crippen molar-refractivity contribution in [1.82, 2.24) is 5.32 Å². The minimum Gasteiger partial charge on any atom is -0.392 e. The van der Waals surface area contributed by atoms with Crippen molar-refractivity contribution in [2.75, 3.05) is 6.61 Å². The zero-order valence-electron chi connectivity index (χ0n) is 8.77. The SMILES string of the molecule is CC(O)(CO)NCc1ccccc1CO. The molecule has 0 aromatic heterocycles. The highest BCUT2D eigenvalue weighted by atomic mass is 16.3. The summed E-state index contributed by atoms with van der Waals surface area (Å²) in [5.41, 5.74) is 0.440. The quantitative estimate of drug-likeness (QED) is 0.516. The standard InChI is InChI=1S/C11H17NO3/c1-11(15,8-14)12-6-9-4-2-3-5-10(9)7-13/h2-5,12-15H,6-8H2,1H3. The summed E-state index contributed by atoms with van der Waals surface area (Å²) in [6.07, 6.45) is 0. The molecule has 15 heavy (non-hydrogen) atoms. The lowest BCUT2D eigenvalue weighted by Crippen LogP contribution is -2.45. The number of rotatable bonds is 5. The molecule has 1 aromatic rings. The molecule has 0 spiro atoms. The topological polar surface area (TPSA) is 72.7 Å². The Bertz CT molecular complexity index is 312. The first kappa shape index (κ1) is 12.1. The second kappa shape index (κ2) is 5.23. The van der Waals surface area contributed by atoms with E-state index in [1.165, 1.54) is 6.92 Å². The smallest absolute Gasteiger partial charge is 0.136 e. The molecule has 0 aliphatic heterocycles. The number of hydrogen-bond donors (Lipinski definition) is 4. The normalized spacial score (nSPS) is 14.9. The third-order valence-corrected chi connectivity index (χ3v) is 2.26. The zero-order valence-corrected chi connectivity index (χ0v) is 8.77. The van der Waals surface area contributed by atoms with E-state index in [1.807, 2.05) is 24.3 Å². The largest absolute Gasteiger partial charge is 0.392 e. The van der Waals surface area contributed by atoms with Crippen LogP contribution in [0.15, 0.2) is 24.3 Å². The Kier molecular flexibility index (Phi) is 4.23. The molecule has 0 aliphatic rings. The molecule has 1 unspecified atom stereocenters. The Morgan fingerprint density at radius 1 is 1.20 bits per heavy atom. The fraction of sp³-hybridized carbons (Fsp3) is 0.455. The Balaban J connectivity index is 2.65. The summed E-state index contributed by atoms with van der Waals surface area (Å²) in [7, 11) is 0. The van der Waals surface area contributed by atoms with Crippen LogP contribution in [0.25, 0.3) is 0 Å². The van der Waals surface area contributed by atoms with Gasteiger partial charge < -0.3 is 15.3 Å². The predicted octanol–water partition coefficient (Wildman–Crippen LogP) is -0.0307. The van der Waals surface area contributed by atoms with Gasteiger partial charge >= 0.3 is 0 Å². The lowest BCUT2D eigenvalue weighted by Gasteiger charge is -2.22. The molecule has 4 nitrogen and oxygen atoms in total. The van der Waals surface area contributed by atoms with Crippen LogP contribution in [0.3, 0.4) is 0 Å². The van der Waals surface area contributed by atoms with Crippen LogP contribution in [0, 0.1) is 0 Å². The average molecular weight is 211 g/mol. The van der Waals surface area contributed by atoms with Crippen LogP contribution in [0.1, 0.15) is 18.1 Å². The fourth-order valence-electron chi connectivity index (χ4n) is 1.23. The van der Waals surface area contributed by atoms with Crippen molar-refractivity contribution >= 4 is 0 Å². The van der Waals surface area contributed by atoms with E-state index >= 15 is 0 Å². The first-order valence-corrected chi connectivity index (χ1v) is 4.85. The maximum atomic E-state index is 9.52. The van der Waals surface area contributed by atoms with Crippen LogP contribution >= 0.6 is 0 Å². The molecule has 0 saturated carbocycles. The number of aliphatic hydroxyl groups is 3. The van der Waals surface area contributed by atoms with Crippen LogP contribution in [0.5, 0.6) is 0 Å². The van der Waals surface area contributed by atoms with E-state index in [0.717, 1.165) is 11.1 Å². The predicted molar refractivity (Wildman–Crippen MR) is 56.9 cm³/mol. The average Bonchev–Trinajstić information content (AvgIpc) is 2.27. The van der Waals surface area contributed by atoms with Crippen LogP contribution in [-0.2, 0) is 13.2 Å². The van der Waals surface area contributed by atoms with Crippen molar-refractivity contribution in [2.24, 2.45) is 0 Å². The van der Waals surface area contributed by atoms with Gasteiger partial charge in [-0.3, -0.25) is 5.32 Å². The van der Waals surface area contributed by atoms with Crippen molar-refractivity contribution in [2.45, 2.75) is 25.8 Å². The van der Waals surface area contributed by atoms with Gasteiger partial charge in [0.1, 0.15) is 5.72 Å². The van der Waals surface area contributed by atoms with Gasteiger partial charge in [0.25, 0.3) is 0 Å². The van der Waals surface area contributed by atoms with Gasteiger partial charge in [-0.25, -0.2) is 0 Å². The van der Waals surface area contributed by atoms with Crippen LogP contribution in [0.4, 0.5) is 0 Å². The van der Waals surface area contributed by atoms with Gasteiger partial charge in [0.05, 0.1) is 13.2 Å². The van der Waals surface area contributed by atoms with Crippen LogP contribution < -0.4 is 5.32 Å². The molecule has 0 fully saturated rings. The van der Waals surface area contributed by atoms with E-state index in [1.54, 1.807) is 0 Å². The van der Waals surface area contributed by atoms with Gasteiger partial charge in [0.2, 0.25) is 0 Å². The van der Waals surface area contributed by atoms with E-state index in [2.05, 4.69) is 5.32 Å². The summed E-state index contributed by atoms with van der Waals surface area (Å²) in [5.74, 6) is 0. The van der Waals surface area contributed by atoms with Crippen molar-refractivity contribution < 1.29 is 15.3 Å². The molecule has 1 aromatic carbocycles. The molecule has 0 bridgehead atoms. The van der Waals surface area contributed by atoms with E-state index in [9.17, 15) is 5.11 Å². The molecular formula is C11H17NO3. The lowest BCUT2D eigenvalue weighted by molar-refractivity contribution is -0.0285. The molecular weight excluding hydrogens is 194 g/mol. The Morgan fingerprint density at radius 3 is 2.33 bits per heavy atom. The number of benzene rings is 1. The van der Waals surface area contributed by atoms with E-state index < -0.39 is 5.72 Å². The maximum absolute atomic E-state index is 9.52. The molecule has 0 aliphatic carbocycles. The molecule has 0 radical (unpaired) electrons. The first-order chi connectivity index (χ1) is 7.09. The van der Waals surface area contributed by atoms with E-state index in [-0.39, 0.29) is 13.2 Å². The molecule has 1 rings (SSSR count). The Hall–Kier alpha value is -0.940. The first-order valence-electron chi connectivity index (χ1n) is 4.85. The van der Waals surface area contributed by atoms with Gasteiger partial charge in [-0.2, -0.15) is 0 Å². The van der Waals surface area contributed by atoms with Gasteiger partial charge in [-0.1, -0.05) is 24.3 Å². The summed E-state index contributed by atoms with van der Waals surface area (Å²) < 4.78 is 0. The Morgan fingerprint density at radius 2 is 1.80 bits per heavy atom. The van der Waals surface area contributed by atoms with Crippen LogP contribution in [-0.4, -0.2) is 27.7 Å². The van der Waals surface area contributed by atoms with Gasteiger partial charge in [-0.15, -0.1) is 0 Å². The minimum atomic E-state index is -1.29. The highest BCUT2D eigenvalue weighted by molar-refractivity contribution is 5.26. The van der Waals surface area contributed by atoms with Crippen molar-refractivity contribution in [3.05, 3.63) is 35.4 Å². The van der Waals surface area contributed by atoms with Gasteiger partial charge in [0.15, 0.2) is 0 Å². The van der Waals surface area contributed by atoms with Crippen LogP contribution in [0.2, 0.25) is 0 Å². The highest BCUT2D eigenvalue weighted by Gasteiger charge is 2.17. The van der Waals surface area contributed by atoms with E-state index in [0.29, 0.717) is 6.54 Å². The summed E-state index contributed by atoms with van der Waals surface area (Å²) >= 11 is 0. The summed E-state index contributed by atoms with van der Waals surface area (Å²) in [6.45, 7) is 1.52. The highest BCUT2D eigenvalue weighted by Crippen LogP contribution is 2.09. The summed E-state index contributed by atoms with van der Waals surface area (Å²) in [4.78, 5) is 0. The fourth-order valence-corrected chi connectivity index (χ4v) is 1.23. The lowest BCUT2D eigenvalue weighted by atomic mass is 10.1. The number of aliphatic hydroxyl groups excluding tert-OH is 2. The van der Waals surface area contributed by atoms with Crippen molar-refractivity contribution in [3.8, 4) is 0 Å². The second-order valence-electron chi connectivity index (χ2n) is 3.71. The number of hydrogen-bond acceptors (Lipinski definition) is 4. The molecule has 1 atom stereocenters. The molecule has 4 heteroatoms. The van der Waals surface area contributed by atoms with Crippen molar-refractivity contribution in [1.29, 1.82) is 0 Å². The maximum Gasteiger partial charge on any atom is 0.136 e. The van der Waals surface area contributed by atoms with Gasteiger partial charge in [-0.05, 0) is 18.1 Å². The molecule has 0 heterocycles.